The predicted octanol–water partition coefficient (Wildman–Crippen LogP) is 1.02. The smallest absolute Gasteiger partial charge is 0.233 e. The molecule has 1 aliphatic heterocycles. The van der Waals surface area contributed by atoms with Crippen LogP contribution in [0.15, 0.2) is 30.3 Å². The van der Waals surface area contributed by atoms with E-state index >= 15 is 0 Å². The summed E-state index contributed by atoms with van der Waals surface area (Å²) in [6.07, 6.45) is 0. The fourth-order valence-electron chi connectivity index (χ4n) is 1.93. The first-order valence-electron chi connectivity index (χ1n) is 4.68. The molecule has 1 N–H and O–H groups in total. The number of nitro groups is 1. The molecule has 4 nitrogen and oxygen atoms in total. The van der Waals surface area contributed by atoms with Crippen molar-refractivity contribution < 1.29 is 4.92 Å². The quantitative estimate of drug-likeness (QED) is 0.562. The molecule has 1 aliphatic rings. The van der Waals surface area contributed by atoms with E-state index in [1.165, 1.54) is 0 Å². The lowest BCUT2D eigenvalue weighted by molar-refractivity contribution is -0.520. The lowest BCUT2D eigenvalue weighted by Crippen LogP contribution is -2.26. The molecule has 14 heavy (non-hydrogen) atoms. The minimum atomic E-state index is -0.475. The first kappa shape index (κ1) is 9.15. The summed E-state index contributed by atoms with van der Waals surface area (Å²) < 4.78 is 0. The van der Waals surface area contributed by atoms with Crippen LogP contribution in [0.3, 0.4) is 0 Å². The van der Waals surface area contributed by atoms with Gasteiger partial charge in [0.25, 0.3) is 0 Å². The first-order chi connectivity index (χ1) is 6.79. The third-order valence-corrected chi connectivity index (χ3v) is 2.68. The SMILES string of the molecule is O=[N+]([O-])[C@H]1CNC[C@@H]1c1ccccc1. The highest BCUT2D eigenvalue weighted by Crippen LogP contribution is 2.24. The molecule has 0 aromatic heterocycles. The van der Waals surface area contributed by atoms with E-state index in [9.17, 15) is 10.1 Å². The van der Waals surface area contributed by atoms with Gasteiger partial charge in [-0.2, -0.15) is 0 Å². The van der Waals surface area contributed by atoms with Crippen LogP contribution in [0.5, 0.6) is 0 Å². The topological polar surface area (TPSA) is 55.2 Å². The molecule has 74 valence electrons. The van der Waals surface area contributed by atoms with Gasteiger partial charge in [-0.3, -0.25) is 10.1 Å². The van der Waals surface area contributed by atoms with Gasteiger partial charge in [-0.25, -0.2) is 0 Å². The van der Waals surface area contributed by atoms with Gasteiger partial charge in [0.05, 0.1) is 12.5 Å². The summed E-state index contributed by atoms with van der Waals surface area (Å²) in [4.78, 5) is 10.6. The van der Waals surface area contributed by atoms with Gasteiger partial charge in [0.2, 0.25) is 6.04 Å². The van der Waals surface area contributed by atoms with Crippen molar-refractivity contribution in [2.45, 2.75) is 12.0 Å². The zero-order valence-electron chi connectivity index (χ0n) is 7.72. The Hall–Kier alpha value is -1.42. The van der Waals surface area contributed by atoms with Crippen LogP contribution < -0.4 is 5.32 Å². The maximum Gasteiger partial charge on any atom is 0.233 e. The minimum absolute atomic E-state index is 0.0196. The summed E-state index contributed by atoms with van der Waals surface area (Å²) in [6, 6.07) is 9.20. The fourth-order valence-corrected chi connectivity index (χ4v) is 1.93. The maximum absolute atomic E-state index is 10.8. The maximum atomic E-state index is 10.8. The van der Waals surface area contributed by atoms with Crippen molar-refractivity contribution in [3.63, 3.8) is 0 Å². The lowest BCUT2D eigenvalue weighted by atomic mass is 9.95. The van der Waals surface area contributed by atoms with Crippen LogP contribution in [-0.4, -0.2) is 24.1 Å². The van der Waals surface area contributed by atoms with Gasteiger partial charge in [0, 0.05) is 11.5 Å². The molecule has 0 saturated carbocycles. The Morgan fingerprint density at radius 1 is 1.29 bits per heavy atom. The molecule has 2 atom stereocenters. The van der Waals surface area contributed by atoms with Crippen molar-refractivity contribution in [1.82, 2.24) is 5.32 Å². The van der Waals surface area contributed by atoms with E-state index in [-0.39, 0.29) is 10.8 Å². The van der Waals surface area contributed by atoms with Gasteiger partial charge >= 0.3 is 0 Å². The second-order valence-corrected chi connectivity index (χ2v) is 3.53. The largest absolute Gasteiger partial charge is 0.310 e. The van der Waals surface area contributed by atoms with E-state index in [0.717, 1.165) is 5.56 Å². The Kier molecular flexibility index (Phi) is 2.45. The molecule has 0 bridgehead atoms. The Morgan fingerprint density at radius 3 is 2.64 bits per heavy atom. The molecule has 0 amide bonds. The molecule has 1 aromatic rings. The third kappa shape index (κ3) is 1.61. The fraction of sp³-hybridized carbons (Fsp3) is 0.400. The van der Waals surface area contributed by atoms with Crippen molar-refractivity contribution >= 4 is 0 Å². The van der Waals surface area contributed by atoms with E-state index in [1.54, 1.807) is 0 Å². The van der Waals surface area contributed by atoms with Gasteiger partial charge < -0.3 is 5.32 Å². The zero-order valence-corrected chi connectivity index (χ0v) is 7.72. The molecule has 1 heterocycles. The predicted molar refractivity (Wildman–Crippen MR) is 52.8 cm³/mol. The summed E-state index contributed by atoms with van der Waals surface area (Å²) in [6.45, 7) is 1.18. The molecule has 0 radical (unpaired) electrons. The molecule has 1 fully saturated rings. The number of nitrogens with one attached hydrogen (secondary N) is 1. The molecule has 0 aliphatic carbocycles. The normalized spacial score (nSPS) is 26.3. The van der Waals surface area contributed by atoms with Crippen LogP contribution >= 0.6 is 0 Å². The Bertz CT molecular complexity index is 326. The van der Waals surface area contributed by atoms with Gasteiger partial charge in [0.15, 0.2) is 0 Å². The Labute approximate surface area is 82.1 Å². The van der Waals surface area contributed by atoms with Gasteiger partial charge in [-0.1, -0.05) is 30.3 Å². The highest BCUT2D eigenvalue weighted by molar-refractivity contribution is 5.22. The number of nitrogens with zero attached hydrogens (tertiary/aromatic N) is 1. The molecule has 0 unspecified atom stereocenters. The third-order valence-electron chi connectivity index (χ3n) is 2.68. The molecule has 1 aromatic carbocycles. The van der Waals surface area contributed by atoms with Gasteiger partial charge in [0.1, 0.15) is 0 Å². The first-order valence-corrected chi connectivity index (χ1v) is 4.68. The van der Waals surface area contributed by atoms with Gasteiger partial charge in [-0.15, -0.1) is 0 Å². The van der Waals surface area contributed by atoms with Crippen LogP contribution in [0.1, 0.15) is 11.5 Å². The number of hydrogen-bond acceptors (Lipinski definition) is 3. The molecule has 4 heteroatoms. The van der Waals surface area contributed by atoms with E-state index in [2.05, 4.69) is 5.32 Å². The number of rotatable bonds is 2. The van der Waals surface area contributed by atoms with Crippen molar-refractivity contribution in [3.8, 4) is 0 Å². The number of hydrogen-bond donors (Lipinski definition) is 1. The molecule has 1 saturated heterocycles. The lowest BCUT2D eigenvalue weighted by Gasteiger charge is -2.11. The van der Waals surface area contributed by atoms with E-state index in [1.807, 2.05) is 30.3 Å². The van der Waals surface area contributed by atoms with Crippen LogP contribution in [-0.2, 0) is 0 Å². The standard InChI is InChI=1S/C10H12N2O2/c13-12(14)10-7-11-6-9(10)8-4-2-1-3-5-8/h1-5,9-11H,6-7H2/t9-,10+/m1/s1. The van der Waals surface area contributed by atoms with Crippen LogP contribution in [0, 0.1) is 10.1 Å². The molecule has 2 rings (SSSR count). The average Bonchev–Trinajstić information content (AvgIpc) is 2.67. The average molecular weight is 192 g/mol. The van der Waals surface area contributed by atoms with Crippen LogP contribution in [0.4, 0.5) is 0 Å². The summed E-state index contributed by atoms with van der Waals surface area (Å²) >= 11 is 0. The van der Waals surface area contributed by atoms with E-state index < -0.39 is 6.04 Å². The monoisotopic (exact) mass is 192 g/mol. The zero-order chi connectivity index (χ0) is 9.97. The van der Waals surface area contributed by atoms with Crippen molar-refractivity contribution in [3.05, 3.63) is 46.0 Å². The van der Waals surface area contributed by atoms with Crippen molar-refractivity contribution in [2.24, 2.45) is 0 Å². The summed E-state index contributed by atoms with van der Waals surface area (Å²) in [7, 11) is 0. The second-order valence-electron chi connectivity index (χ2n) is 3.53. The molecular weight excluding hydrogens is 180 g/mol. The molecule has 0 spiro atoms. The van der Waals surface area contributed by atoms with E-state index in [0.29, 0.717) is 13.1 Å². The van der Waals surface area contributed by atoms with Crippen LogP contribution in [0.25, 0.3) is 0 Å². The van der Waals surface area contributed by atoms with Crippen LogP contribution in [0.2, 0.25) is 0 Å². The van der Waals surface area contributed by atoms with Crippen molar-refractivity contribution in [1.29, 1.82) is 0 Å². The highest BCUT2D eigenvalue weighted by Gasteiger charge is 2.36. The minimum Gasteiger partial charge on any atom is -0.310 e. The van der Waals surface area contributed by atoms with Gasteiger partial charge in [-0.05, 0) is 5.56 Å². The summed E-state index contributed by atoms with van der Waals surface area (Å²) in [5.41, 5.74) is 1.05. The Morgan fingerprint density at radius 2 is 2.00 bits per heavy atom. The Balaban J connectivity index is 2.22. The van der Waals surface area contributed by atoms with Crippen molar-refractivity contribution in [2.75, 3.05) is 13.1 Å². The van der Waals surface area contributed by atoms with E-state index in [4.69, 9.17) is 0 Å². The number of benzene rings is 1. The summed E-state index contributed by atoms with van der Waals surface area (Å²) in [5.74, 6) is 0.0196. The summed E-state index contributed by atoms with van der Waals surface area (Å²) in [5, 5.41) is 13.8. The highest BCUT2D eigenvalue weighted by atomic mass is 16.6. The second kappa shape index (κ2) is 3.75. The molecular formula is C10H12N2O2.